The van der Waals surface area contributed by atoms with Crippen molar-refractivity contribution in [2.75, 3.05) is 5.32 Å². The Balaban J connectivity index is 1.73. The van der Waals surface area contributed by atoms with E-state index in [-0.39, 0.29) is 5.91 Å². The Bertz CT molecular complexity index is 1070. The van der Waals surface area contributed by atoms with Gasteiger partial charge in [0.05, 0.1) is 16.8 Å². The lowest BCUT2D eigenvalue weighted by Gasteiger charge is -2.09. The number of amides is 1. The van der Waals surface area contributed by atoms with E-state index in [1.807, 2.05) is 90.3 Å². The van der Waals surface area contributed by atoms with Crippen molar-refractivity contribution in [1.82, 2.24) is 4.98 Å². The third kappa shape index (κ3) is 3.55. The number of benzene rings is 2. The molecule has 2 aromatic carbocycles. The van der Waals surface area contributed by atoms with E-state index >= 15 is 0 Å². The van der Waals surface area contributed by atoms with Gasteiger partial charge in [-0.05, 0) is 47.9 Å². The normalized spacial score (nSPS) is 11.1. The molecule has 26 heavy (non-hydrogen) atoms. The first-order valence-electron chi connectivity index (χ1n) is 8.27. The smallest absolute Gasteiger partial charge is 0.256 e. The summed E-state index contributed by atoms with van der Waals surface area (Å²) in [5.41, 5.74) is 2.95. The predicted octanol–water partition coefficient (Wildman–Crippen LogP) is 5.72. The maximum atomic E-state index is 12.9. The number of nitrogens with one attached hydrogen (secondary N) is 1. The standard InChI is InChI=1S/C22H16N2OS/c25-22(24-16-7-2-1-3-8-16)20-15-17(12-13-18-9-6-14-26-18)23-21-11-5-4-10-19(20)21/h1-15H,(H,24,25)/b13-12+. The molecule has 4 heteroatoms. The molecule has 0 aliphatic heterocycles. The molecule has 126 valence electrons. The fourth-order valence-electron chi connectivity index (χ4n) is 2.74. The van der Waals surface area contributed by atoms with Crippen molar-refractivity contribution in [3.05, 3.63) is 94.3 Å². The monoisotopic (exact) mass is 356 g/mol. The largest absolute Gasteiger partial charge is 0.322 e. The van der Waals surface area contributed by atoms with Gasteiger partial charge in [-0.3, -0.25) is 4.79 Å². The van der Waals surface area contributed by atoms with Crippen LogP contribution in [-0.2, 0) is 0 Å². The van der Waals surface area contributed by atoms with Crippen molar-refractivity contribution in [2.24, 2.45) is 0 Å². The first-order valence-corrected chi connectivity index (χ1v) is 9.15. The number of thiophene rings is 1. The van der Waals surface area contributed by atoms with Crippen LogP contribution in [0.2, 0.25) is 0 Å². The number of carbonyl (C=O) groups is 1. The maximum absolute atomic E-state index is 12.9. The summed E-state index contributed by atoms with van der Waals surface area (Å²) in [5, 5.41) is 5.83. The minimum absolute atomic E-state index is 0.138. The van der Waals surface area contributed by atoms with E-state index in [0.29, 0.717) is 5.56 Å². The number of fused-ring (bicyclic) bond motifs is 1. The Morgan fingerprint density at radius 2 is 1.73 bits per heavy atom. The number of rotatable bonds is 4. The molecule has 4 aromatic rings. The minimum Gasteiger partial charge on any atom is -0.322 e. The summed E-state index contributed by atoms with van der Waals surface area (Å²) in [6.07, 6.45) is 3.96. The van der Waals surface area contributed by atoms with Crippen LogP contribution in [0.1, 0.15) is 20.9 Å². The molecule has 1 N–H and O–H groups in total. The van der Waals surface area contributed by atoms with Gasteiger partial charge in [0, 0.05) is 16.0 Å². The second-order valence-corrected chi connectivity index (χ2v) is 6.76. The zero-order chi connectivity index (χ0) is 17.8. The molecule has 0 atom stereocenters. The van der Waals surface area contributed by atoms with E-state index in [9.17, 15) is 4.79 Å². The molecule has 0 aliphatic rings. The maximum Gasteiger partial charge on any atom is 0.256 e. The van der Waals surface area contributed by atoms with Crippen molar-refractivity contribution >= 4 is 46.0 Å². The van der Waals surface area contributed by atoms with E-state index in [2.05, 4.69) is 10.3 Å². The first-order chi connectivity index (χ1) is 12.8. The minimum atomic E-state index is -0.138. The molecule has 1 amide bonds. The number of para-hydroxylation sites is 2. The Labute approximate surface area is 155 Å². The lowest BCUT2D eigenvalue weighted by Crippen LogP contribution is -2.13. The third-order valence-corrected chi connectivity index (χ3v) is 4.81. The van der Waals surface area contributed by atoms with Crippen molar-refractivity contribution in [3.63, 3.8) is 0 Å². The van der Waals surface area contributed by atoms with Crippen molar-refractivity contribution < 1.29 is 4.79 Å². The van der Waals surface area contributed by atoms with Gasteiger partial charge in [0.15, 0.2) is 0 Å². The molecule has 2 heterocycles. The van der Waals surface area contributed by atoms with Crippen LogP contribution in [0.3, 0.4) is 0 Å². The topological polar surface area (TPSA) is 42.0 Å². The van der Waals surface area contributed by atoms with Gasteiger partial charge < -0.3 is 5.32 Å². The summed E-state index contributed by atoms with van der Waals surface area (Å²) in [5.74, 6) is -0.138. The van der Waals surface area contributed by atoms with Gasteiger partial charge in [-0.15, -0.1) is 11.3 Å². The predicted molar refractivity (Wildman–Crippen MR) is 109 cm³/mol. The molecule has 0 unspecified atom stereocenters. The molecular formula is C22H16N2OS. The average molecular weight is 356 g/mol. The van der Waals surface area contributed by atoms with Crippen LogP contribution in [-0.4, -0.2) is 10.9 Å². The summed E-state index contributed by atoms with van der Waals surface area (Å²) in [4.78, 5) is 18.7. The number of anilines is 1. The van der Waals surface area contributed by atoms with Crippen LogP contribution in [0.25, 0.3) is 23.1 Å². The number of hydrogen-bond donors (Lipinski definition) is 1. The Morgan fingerprint density at radius 3 is 2.54 bits per heavy atom. The van der Waals surface area contributed by atoms with E-state index < -0.39 is 0 Å². The molecule has 0 bridgehead atoms. The summed E-state index contributed by atoms with van der Waals surface area (Å²) in [7, 11) is 0. The van der Waals surface area contributed by atoms with Crippen LogP contribution < -0.4 is 5.32 Å². The lowest BCUT2D eigenvalue weighted by atomic mass is 10.1. The Kier molecular flexibility index (Phi) is 4.58. The van der Waals surface area contributed by atoms with E-state index in [0.717, 1.165) is 27.2 Å². The zero-order valence-electron chi connectivity index (χ0n) is 13.9. The van der Waals surface area contributed by atoms with Crippen molar-refractivity contribution in [1.29, 1.82) is 0 Å². The van der Waals surface area contributed by atoms with Gasteiger partial charge >= 0.3 is 0 Å². The molecule has 0 aliphatic carbocycles. The van der Waals surface area contributed by atoms with Crippen LogP contribution in [0.5, 0.6) is 0 Å². The quantitative estimate of drug-likeness (QED) is 0.508. The SMILES string of the molecule is O=C(Nc1ccccc1)c1cc(/C=C/c2cccs2)nc2ccccc12. The molecule has 4 rings (SSSR count). The van der Waals surface area contributed by atoms with Crippen LogP contribution in [0.4, 0.5) is 5.69 Å². The molecular weight excluding hydrogens is 340 g/mol. The van der Waals surface area contributed by atoms with Gasteiger partial charge in [0.25, 0.3) is 5.91 Å². The summed E-state index contributed by atoms with van der Waals surface area (Å²) in [6, 6.07) is 23.1. The molecule has 0 radical (unpaired) electrons. The number of pyridine rings is 1. The van der Waals surface area contributed by atoms with Gasteiger partial charge in [-0.25, -0.2) is 4.98 Å². The number of aromatic nitrogens is 1. The number of nitrogens with zero attached hydrogens (tertiary/aromatic N) is 1. The van der Waals surface area contributed by atoms with Crippen LogP contribution in [0, 0.1) is 0 Å². The molecule has 0 spiro atoms. The number of carbonyl (C=O) groups excluding carboxylic acids is 1. The lowest BCUT2D eigenvalue weighted by molar-refractivity contribution is 0.102. The summed E-state index contributed by atoms with van der Waals surface area (Å²) >= 11 is 1.66. The Hall–Kier alpha value is -3.24. The highest BCUT2D eigenvalue weighted by molar-refractivity contribution is 7.10. The van der Waals surface area contributed by atoms with Crippen molar-refractivity contribution in [3.8, 4) is 0 Å². The third-order valence-electron chi connectivity index (χ3n) is 3.97. The fourth-order valence-corrected chi connectivity index (χ4v) is 3.36. The highest BCUT2D eigenvalue weighted by Gasteiger charge is 2.12. The highest BCUT2D eigenvalue weighted by atomic mass is 32.1. The van der Waals surface area contributed by atoms with E-state index in [1.165, 1.54) is 0 Å². The zero-order valence-corrected chi connectivity index (χ0v) is 14.7. The molecule has 0 saturated heterocycles. The average Bonchev–Trinajstić information content (AvgIpc) is 3.20. The van der Waals surface area contributed by atoms with E-state index in [1.54, 1.807) is 11.3 Å². The molecule has 0 saturated carbocycles. The van der Waals surface area contributed by atoms with Gasteiger partial charge in [0.2, 0.25) is 0 Å². The fraction of sp³-hybridized carbons (Fsp3) is 0. The molecule has 3 nitrogen and oxygen atoms in total. The van der Waals surface area contributed by atoms with Gasteiger partial charge in [-0.2, -0.15) is 0 Å². The first kappa shape index (κ1) is 16.2. The second-order valence-electron chi connectivity index (χ2n) is 5.78. The van der Waals surface area contributed by atoms with Gasteiger partial charge in [-0.1, -0.05) is 42.5 Å². The summed E-state index contributed by atoms with van der Waals surface area (Å²) < 4.78 is 0. The summed E-state index contributed by atoms with van der Waals surface area (Å²) in [6.45, 7) is 0. The van der Waals surface area contributed by atoms with Crippen molar-refractivity contribution in [2.45, 2.75) is 0 Å². The van der Waals surface area contributed by atoms with Crippen LogP contribution >= 0.6 is 11.3 Å². The van der Waals surface area contributed by atoms with Gasteiger partial charge in [0.1, 0.15) is 0 Å². The number of hydrogen-bond acceptors (Lipinski definition) is 3. The molecule has 0 fully saturated rings. The second kappa shape index (κ2) is 7.33. The van der Waals surface area contributed by atoms with E-state index in [4.69, 9.17) is 0 Å². The molecule has 2 aromatic heterocycles. The van der Waals surface area contributed by atoms with Crippen LogP contribution in [0.15, 0.2) is 78.2 Å². The highest BCUT2D eigenvalue weighted by Crippen LogP contribution is 2.21. The Morgan fingerprint density at radius 1 is 0.923 bits per heavy atom.